The Hall–Kier alpha value is -1.43. The Morgan fingerprint density at radius 2 is 2.47 bits per heavy atom. The van der Waals surface area contributed by atoms with Crippen molar-refractivity contribution in [1.29, 1.82) is 0 Å². The minimum absolute atomic E-state index is 0.0192. The highest BCUT2D eigenvalue weighted by Crippen LogP contribution is 1.98. The number of aryl methyl sites for hydroxylation is 1. The molecule has 0 aliphatic carbocycles. The fourth-order valence-electron chi connectivity index (χ4n) is 1.62. The van der Waals surface area contributed by atoms with Crippen LogP contribution in [0.3, 0.4) is 0 Å². The number of carbonyl (C=O) groups excluding carboxylic acids is 1. The summed E-state index contributed by atoms with van der Waals surface area (Å²) in [5.41, 5.74) is 5.78. The van der Waals surface area contributed by atoms with Crippen molar-refractivity contribution in [3.8, 4) is 0 Å². The predicted octanol–water partition coefficient (Wildman–Crippen LogP) is 0.371. The summed E-state index contributed by atoms with van der Waals surface area (Å²) in [6.45, 7) is 2.72. The van der Waals surface area contributed by atoms with E-state index in [-0.39, 0.29) is 11.9 Å². The first-order valence-electron chi connectivity index (χ1n) is 6.09. The molecule has 0 aliphatic heterocycles. The first-order chi connectivity index (χ1) is 8.22. The van der Waals surface area contributed by atoms with Gasteiger partial charge in [-0.3, -0.25) is 9.89 Å². The topological polar surface area (TPSA) is 96.7 Å². The highest BCUT2D eigenvalue weighted by Gasteiger charge is 2.07. The molecule has 1 heterocycles. The molecule has 1 atom stereocenters. The molecule has 0 saturated carbocycles. The van der Waals surface area contributed by atoms with E-state index in [4.69, 9.17) is 5.73 Å². The minimum atomic E-state index is -0.0192. The smallest absolute Gasteiger partial charge is 0.221 e. The molecule has 6 heteroatoms. The zero-order valence-corrected chi connectivity index (χ0v) is 10.3. The second-order valence-corrected chi connectivity index (χ2v) is 4.14. The third-order valence-corrected chi connectivity index (χ3v) is 2.48. The summed E-state index contributed by atoms with van der Waals surface area (Å²) in [5, 5.41) is 9.39. The molecule has 1 aromatic heterocycles. The molecule has 96 valence electrons. The van der Waals surface area contributed by atoms with E-state index in [0.29, 0.717) is 13.0 Å². The molecular weight excluding hydrogens is 218 g/mol. The lowest BCUT2D eigenvalue weighted by atomic mass is 10.1. The molecular formula is C11H21N5O. The van der Waals surface area contributed by atoms with Crippen molar-refractivity contribution in [2.24, 2.45) is 5.73 Å². The number of nitrogens with zero attached hydrogens (tertiary/aromatic N) is 2. The summed E-state index contributed by atoms with van der Waals surface area (Å²) >= 11 is 0. The van der Waals surface area contributed by atoms with Gasteiger partial charge in [-0.05, 0) is 12.8 Å². The SMILES string of the molecule is CCCC(N)CC(=O)NCCCc1ncn[nH]1. The van der Waals surface area contributed by atoms with Crippen LogP contribution in [0, 0.1) is 0 Å². The molecule has 0 aliphatic rings. The highest BCUT2D eigenvalue weighted by atomic mass is 16.1. The summed E-state index contributed by atoms with van der Waals surface area (Å²) in [4.78, 5) is 15.5. The van der Waals surface area contributed by atoms with E-state index in [1.807, 2.05) is 0 Å². The normalized spacial score (nSPS) is 12.4. The van der Waals surface area contributed by atoms with Crippen molar-refractivity contribution in [2.45, 2.75) is 45.1 Å². The Bertz CT molecular complexity index is 312. The van der Waals surface area contributed by atoms with Crippen molar-refractivity contribution in [1.82, 2.24) is 20.5 Å². The largest absolute Gasteiger partial charge is 0.356 e. The van der Waals surface area contributed by atoms with E-state index >= 15 is 0 Å². The van der Waals surface area contributed by atoms with Crippen LogP contribution < -0.4 is 11.1 Å². The van der Waals surface area contributed by atoms with Crippen LogP contribution in [-0.2, 0) is 11.2 Å². The average molecular weight is 239 g/mol. The van der Waals surface area contributed by atoms with E-state index in [1.54, 1.807) is 0 Å². The van der Waals surface area contributed by atoms with Gasteiger partial charge in [-0.25, -0.2) is 4.98 Å². The molecule has 1 rings (SSSR count). The van der Waals surface area contributed by atoms with Crippen molar-refractivity contribution in [3.63, 3.8) is 0 Å². The summed E-state index contributed by atoms with van der Waals surface area (Å²) in [6.07, 6.45) is 5.45. The first kappa shape index (κ1) is 13.6. The quantitative estimate of drug-likeness (QED) is 0.571. The average Bonchev–Trinajstić information content (AvgIpc) is 2.77. The Morgan fingerprint density at radius 1 is 1.65 bits per heavy atom. The van der Waals surface area contributed by atoms with Crippen LogP contribution in [0.1, 0.15) is 38.4 Å². The van der Waals surface area contributed by atoms with Gasteiger partial charge in [-0.1, -0.05) is 13.3 Å². The molecule has 0 bridgehead atoms. The number of nitrogens with one attached hydrogen (secondary N) is 2. The molecule has 0 aromatic carbocycles. The maximum absolute atomic E-state index is 11.5. The molecule has 6 nitrogen and oxygen atoms in total. The summed E-state index contributed by atoms with van der Waals surface area (Å²) in [5.74, 6) is 0.880. The Morgan fingerprint density at radius 3 is 3.12 bits per heavy atom. The number of hydrogen-bond donors (Lipinski definition) is 3. The van der Waals surface area contributed by atoms with Crippen LogP contribution in [0.2, 0.25) is 0 Å². The first-order valence-corrected chi connectivity index (χ1v) is 6.09. The van der Waals surface area contributed by atoms with Gasteiger partial charge < -0.3 is 11.1 Å². The standard InChI is InChI=1S/C11H21N5O/c1-2-4-9(12)7-11(17)13-6-3-5-10-14-8-15-16-10/h8-9H,2-7,12H2,1H3,(H,13,17)(H,14,15,16). The highest BCUT2D eigenvalue weighted by molar-refractivity contribution is 5.76. The number of amides is 1. The molecule has 0 spiro atoms. The number of hydrogen-bond acceptors (Lipinski definition) is 4. The Labute approximate surface area is 101 Å². The number of rotatable bonds is 8. The molecule has 0 fully saturated rings. The van der Waals surface area contributed by atoms with E-state index in [1.165, 1.54) is 6.33 Å². The third kappa shape index (κ3) is 6.01. The van der Waals surface area contributed by atoms with Gasteiger partial charge in [0.15, 0.2) is 0 Å². The van der Waals surface area contributed by atoms with Gasteiger partial charge in [0.2, 0.25) is 5.91 Å². The van der Waals surface area contributed by atoms with Gasteiger partial charge in [0.25, 0.3) is 0 Å². The molecule has 17 heavy (non-hydrogen) atoms. The number of aromatic nitrogens is 3. The van der Waals surface area contributed by atoms with Crippen molar-refractivity contribution in [3.05, 3.63) is 12.2 Å². The van der Waals surface area contributed by atoms with Crippen LogP contribution in [0.4, 0.5) is 0 Å². The van der Waals surface area contributed by atoms with Gasteiger partial charge in [0.1, 0.15) is 12.2 Å². The van der Waals surface area contributed by atoms with E-state index in [0.717, 1.165) is 31.5 Å². The molecule has 4 N–H and O–H groups in total. The second kappa shape index (κ2) is 7.78. The van der Waals surface area contributed by atoms with Crippen molar-refractivity contribution < 1.29 is 4.79 Å². The summed E-state index contributed by atoms with van der Waals surface area (Å²) in [6, 6.07) is -0.0192. The summed E-state index contributed by atoms with van der Waals surface area (Å²) in [7, 11) is 0. The maximum Gasteiger partial charge on any atom is 0.221 e. The maximum atomic E-state index is 11.5. The van der Waals surface area contributed by atoms with Gasteiger partial charge >= 0.3 is 0 Å². The lowest BCUT2D eigenvalue weighted by molar-refractivity contribution is -0.121. The van der Waals surface area contributed by atoms with Gasteiger partial charge in [-0.15, -0.1) is 0 Å². The predicted molar refractivity (Wildman–Crippen MR) is 65.2 cm³/mol. The van der Waals surface area contributed by atoms with Crippen LogP contribution in [0.25, 0.3) is 0 Å². The molecule has 1 amide bonds. The van der Waals surface area contributed by atoms with Gasteiger partial charge in [0, 0.05) is 25.4 Å². The number of H-pyrrole nitrogens is 1. The van der Waals surface area contributed by atoms with Crippen LogP contribution in [-0.4, -0.2) is 33.7 Å². The minimum Gasteiger partial charge on any atom is -0.356 e. The fourth-order valence-corrected chi connectivity index (χ4v) is 1.62. The lowest BCUT2D eigenvalue weighted by Crippen LogP contribution is -2.32. The van der Waals surface area contributed by atoms with E-state index in [2.05, 4.69) is 27.4 Å². The zero-order chi connectivity index (χ0) is 12.5. The third-order valence-electron chi connectivity index (χ3n) is 2.48. The number of aromatic amines is 1. The van der Waals surface area contributed by atoms with Crippen LogP contribution in [0.15, 0.2) is 6.33 Å². The fraction of sp³-hybridized carbons (Fsp3) is 0.727. The molecule has 0 saturated heterocycles. The van der Waals surface area contributed by atoms with Crippen molar-refractivity contribution in [2.75, 3.05) is 6.54 Å². The summed E-state index contributed by atoms with van der Waals surface area (Å²) < 4.78 is 0. The van der Waals surface area contributed by atoms with E-state index < -0.39 is 0 Å². The van der Waals surface area contributed by atoms with E-state index in [9.17, 15) is 4.79 Å². The van der Waals surface area contributed by atoms with Gasteiger partial charge in [-0.2, -0.15) is 5.10 Å². The van der Waals surface area contributed by atoms with Crippen LogP contribution >= 0.6 is 0 Å². The van der Waals surface area contributed by atoms with Crippen molar-refractivity contribution >= 4 is 5.91 Å². The Balaban J connectivity index is 2.04. The lowest BCUT2D eigenvalue weighted by Gasteiger charge is -2.10. The molecule has 0 radical (unpaired) electrons. The zero-order valence-electron chi connectivity index (χ0n) is 10.3. The molecule has 1 aromatic rings. The number of carbonyl (C=O) groups is 1. The van der Waals surface area contributed by atoms with Crippen LogP contribution in [0.5, 0.6) is 0 Å². The molecule has 1 unspecified atom stereocenters. The monoisotopic (exact) mass is 239 g/mol. The number of nitrogens with two attached hydrogens (primary N) is 1. The van der Waals surface area contributed by atoms with Gasteiger partial charge in [0.05, 0.1) is 0 Å². The Kier molecular flexibility index (Phi) is 6.24. The second-order valence-electron chi connectivity index (χ2n) is 4.14.